The molecule has 0 bridgehead atoms. The Morgan fingerprint density at radius 2 is 2.10 bits per heavy atom. The van der Waals surface area contributed by atoms with Crippen molar-refractivity contribution < 1.29 is 19.4 Å². The number of carboxylic acids is 1. The molecule has 0 saturated carbocycles. The Labute approximate surface area is 124 Å². The number of carboxylic acid groups (broad SMARTS) is 1. The minimum atomic E-state index is -1.50. The molecular weight excluding hydrogens is 270 g/mol. The van der Waals surface area contributed by atoms with Gasteiger partial charge in [-0.2, -0.15) is 5.26 Å². The van der Waals surface area contributed by atoms with E-state index in [0.717, 1.165) is 0 Å². The Balaban J connectivity index is 3.08. The van der Waals surface area contributed by atoms with Gasteiger partial charge in [-0.15, -0.1) is 0 Å². The molecule has 0 aliphatic rings. The van der Waals surface area contributed by atoms with Crippen LogP contribution in [0.5, 0.6) is 11.5 Å². The minimum absolute atomic E-state index is 0.377. The van der Waals surface area contributed by atoms with E-state index in [1.807, 2.05) is 20.8 Å². The molecule has 112 valence electrons. The van der Waals surface area contributed by atoms with Crippen LogP contribution >= 0.6 is 0 Å². The number of carbonyl (C=O) groups is 1. The molecule has 0 aromatic heterocycles. The summed E-state index contributed by atoms with van der Waals surface area (Å²) in [5, 5.41) is 19.5. The largest absolute Gasteiger partial charge is 0.544 e. The summed E-state index contributed by atoms with van der Waals surface area (Å²) in [7, 11) is 0. The summed E-state index contributed by atoms with van der Waals surface area (Å²) in [4.78, 5) is 10.7. The predicted octanol–water partition coefficient (Wildman–Crippen LogP) is 1.78. The van der Waals surface area contributed by atoms with Gasteiger partial charge in [0, 0.05) is 0 Å². The van der Waals surface area contributed by atoms with Crippen molar-refractivity contribution in [3.05, 3.63) is 29.3 Å². The second-order valence-electron chi connectivity index (χ2n) is 4.80. The maximum Gasteiger partial charge on any atom is 0.161 e. The molecule has 0 spiro atoms. The predicted molar refractivity (Wildman–Crippen MR) is 76.5 cm³/mol. The fraction of sp³-hybridized carbons (Fsp3) is 0.375. The normalized spacial score (nSPS) is 11.1. The SMILES string of the molecule is CCOc1cc(/C=C(\C#N)C(=O)[O-])ccc1OCC(C)C. The molecule has 21 heavy (non-hydrogen) atoms. The molecule has 0 fully saturated rings. The third-order valence-corrected chi connectivity index (χ3v) is 2.49. The van der Waals surface area contributed by atoms with E-state index in [9.17, 15) is 9.90 Å². The van der Waals surface area contributed by atoms with E-state index in [-0.39, 0.29) is 0 Å². The Hall–Kier alpha value is -2.48. The van der Waals surface area contributed by atoms with Crippen molar-refractivity contribution in [3.8, 4) is 17.6 Å². The maximum atomic E-state index is 10.7. The van der Waals surface area contributed by atoms with Gasteiger partial charge in [0.15, 0.2) is 11.5 Å². The number of carbonyl (C=O) groups excluding carboxylic acids is 1. The Kier molecular flexibility index (Phi) is 6.28. The van der Waals surface area contributed by atoms with Gasteiger partial charge >= 0.3 is 0 Å². The van der Waals surface area contributed by atoms with Crippen molar-refractivity contribution in [2.75, 3.05) is 13.2 Å². The molecule has 0 N–H and O–H groups in total. The van der Waals surface area contributed by atoms with Crippen LogP contribution in [0.2, 0.25) is 0 Å². The summed E-state index contributed by atoms with van der Waals surface area (Å²) in [6, 6.07) is 6.58. The van der Waals surface area contributed by atoms with Crippen LogP contribution in [0, 0.1) is 17.2 Å². The van der Waals surface area contributed by atoms with Crippen molar-refractivity contribution in [3.63, 3.8) is 0 Å². The molecule has 5 nitrogen and oxygen atoms in total. The molecule has 1 aromatic carbocycles. The van der Waals surface area contributed by atoms with E-state index in [1.165, 1.54) is 6.08 Å². The monoisotopic (exact) mass is 288 g/mol. The van der Waals surface area contributed by atoms with Gasteiger partial charge in [-0.05, 0) is 36.6 Å². The molecule has 0 radical (unpaired) electrons. The zero-order chi connectivity index (χ0) is 15.8. The summed E-state index contributed by atoms with van der Waals surface area (Å²) in [6.45, 7) is 6.93. The van der Waals surface area contributed by atoms with Crippen LogP contribution in [-0.4, -0.2) is 19.2 Å². The molecule has 0 unspecified atom stereocenters. The van der Waals surface area contributed by atoms with Crippen molar-refractivity contribution >= 4 is 12.0 Å². The average Bonchev–Trinajstić information content (AvgIpc) is 2.43. The highest BCUT2D eigenvalue weighted by molar-refractivity contribution is 5.95. The van der Waals surface area contributed by atoms with Gasteiger partial charge in [0.2, 0.25) is 0 Å². The zero-order valence-electron chi connectivity index (χ0n) is 12.4. The van der Waals surface area contributed by atoms with Gasteiger partial charge in [-0.1, -0.05) is 19.9 Å². The standard InChI is InChI=1S/C16H19NO4/c1-4-20-15-8-12(7-13(9-17)16(18)19)5-6-14(15)21-10-11(2)3/h5-8,11H,4,10H2,1-3H3,(H,18,19)/p-1/b13-7+. The number of aliphatic carboxylic acids is 1. The Morgan fingerprint density at radius 3 is 2.62 bits per heavy atom. The van der Waals surface area contributed by atoms with Gasteiger partial charge in [0.25, 0.3) is 0 Å². The summed E-state index contributed by atoms with van der Waals surface area (Å²) in [5.41, 5.74) is 0.101. The third-order valence-electron chi connectivity index (χ3n) is 2.49. The van der Waals surface area contributed by atoms with Crippen molar-refractivity contribution in [2.24, 2.45) is 5.92 Å². The first kappa shape index (κ1) is 16.6. The Bertz CT molecular complexity index is 570. The molecular formula is C16H18NO4-. The van der Waals surface area contributed by atoms with Crippen LogP contribution in [0.4, 0.5) is 0 Å². The number of hydrogen-bond donors (Lipinski definition) is 0. The van der Waals surface area contributed by atoms with E-state index in [4.69, 9.17) is 14.7 Å². The topological polar surface area (TPSA) is 82.4 Å². The zero-order valence-corrected chi connectivity index (χ0v) is 12.4. The van der Waals surface area contributed by atoms with Crippen molar-refractivity contribution in [1.29, 1.82) is 5.26 Å². The van der Waals surface area contributed by atoms with Gasteiger partial charge < -0.3 is 19.4 Å². The smallest absolute Gasteiger partial charge is 0.161 e. The summed E-state index contributed by atoms with van der Waals surface area (Å²) in [5.74, 6) is -0.0184. The molecule has 1 rings (SSSR count). The van der Waals surface area contributed by atoms with E-state index in [0.29, 0.717) is 36.2 Å². The lowest BCUT2D eigenvalue weighted by Gasteiger charge is -2.14. The number of ether oxygens (including phenoxy) is 2. The quantitative estimate of drug-likeness (QED) is 0.564. The highest BCUT2D eigenvalue weighted by Gasteiger charge is 2.07. The van der Waals surface area contributed by atoms with Crippen LogP contribution in [0.1, 0.15) is 26.3 Å². The summed E-state index contributed by atoms with van der Waals surface area (Å²) >= 11 is 0. The highest BCUT2D eigenvalue weighted by Crippen LogP contribution is 2.29. The van der Waals surface area contributed by atoms with Crippen molar-refractivity contribution in [1.82, 2.24) is 0 Å². The molecule has 0 amide bonds. The van der Waals surface area contributed by atoms with Crippen LogP contribution in [-0.2, 0) is 4.79 Å². The molecule has 5 heteroatoms. The summed E-state index contributed by atoms with van der Waals surface area (Å²) in [6.07, 6.45) is 1.24. The fourth-order valence-electron chi connectivity index (χ4n) is 1.56. The lowest BCUT2D eigenvalue weighted by molar-refractivity contribution is -0.298. The van der Waals surface area contributed by atoms with Gasteiger partial charge in [-0.25, -0.2) is 0 Å². The minimum Gasteiger partial charge on any atom is -0.544 e. The first-order valence-electron chi connectivity index (χ1n) is 6.70. The van der Waals surface area contributed by atoms with E-state index in [2.05, 4.69) is 0 Å². The number of nitriles is 1. The van der Waals surface area contributed by atoms with Crippen molar-refractivity contribution in [2.45, 2.75) is 20.8 Å². The first-order chi connectivity index (χ1) is 9.97. The van der Waals surface area contributed by atoms with E-state index >= 15 is 0 Å². The van der Waals surface area contributed by atoms with Crippen LogP contribution in [0.25, 0.3) is 6.08 Å². The number of nitrogens with zero attached hydrogens (tertiary/aromatic N) is 1. The lowest BCUT2D eigenvalue weighted by atomic mass is 10.1. The fourth-order valence-corrected chi connectivity index (χ4v) is 1.56. The van der Waals surface area contributed by atoms with Gasteiger partial charge in [-0.3, -0.25) is 0 Å². The molecule has 0 aliphatic heterocycles. The molecule has 0 saturated heterocycles. The first-order valence-corrected chi connectivity index (χ1v) is 6.70. The summed E-state index contributed by atoms with van der Waals surface area (Å²) < 4.78 is 11.1. The molecule has 0 atom stereocenters. The molecule has 1 aromatic rings. The second-order valence-corrected chi connectivity index (χ2v) is 4.80. The van der Waals surface area contributed by atoms with Gasteiger partial charge in [0.1, 0.15) is 6.07 Å². The van der Waals surface area contributed by atoms with Crippen LogP contribution < -0.4 is 14.6 Å². The number of benzene rings is 1. The number of hydrogen-bond acceptors (Lipinski definition) is 5. The third kappa shape index (κ3) is 5.19. The maximum absolute atomic E-state index is 10.7. The van der Waals surface area contributed by atoms with E-state index < -0.39 is 11.5 Å². The highest BCUT2D eigenvalue weighted by atomic mass is 16.5. The average molecular weight is 288 g/mol. The second kappa shape index (κ2) is 7.95. The van der Waals surface area contributed by atoms with Gasteiger partial charge in [0.05, 0.1) is 24.8 Å². The van der Waals surface area contributed by atoms with Crippen LogP contribution in [0.15, 0.2) is 23.8 Å². The molecule has 0 heterocycles. The Morgan fingerprint density at radius 1 is 1.38 bits per heavy atom. The lowest BCUT2D eigenvalue weighted by Crippen LogP contribution is -2.23. The molecule has 0 aliphatic carbocycles. The number of rotatable bonds is 7. The van der Waals surface area contributed by atoms with Crippen LogP contribution in [0.3, 0.4) is 0 Å². The van der Waals surface area contributed by atoms with E-state index in [1.54, 1.807) is 24.3 Å².